The number of carbonyl (C=O) groups is 1. The third-order valence-corrected chi connectivity index (χ3v) is 4.14. The fourth-order valence-corrected chi connectivity index (χ4v) is 2.89. The maximum absolute atomic E-state index is 12.5. The molecular weight excluding hydrogens is 357 g/mol. The zero-order chi connectivity index (χ0) is 18.4. The van der Waals surface area contributed by atoms with E-state index in [4.69, 9.17) is 16.3 Å². The van der Waals surface area contributed by atoms with Crippen LogP contribution in [0.4, 0.5) is 13.2 Å². The van der Waals surface area contributed by atoms with E-state index in [0.717, 1.165) is 0 Å². The number of methoxy groups -OCH3 is 1. The summed E-state index contributed by atoms with van der Waals surface area (Å²) in [7, 11) is 1.52. The van der Waals surface area contributed by atoms with E-state index in [1.807, 2.05) is 0 Å². The molecule has 0 N–H and O–H groups in total. The first kappa shape index (κ1) is 19.6. The maximum Gasteiger partial charge on any atom is 0.401 e. The summed E-state index contributed by atoms with van der Waals surface area (Å²) in [5.41, 5.74) is 0.664. The number of nitrogens with zero attached hydrogens (tertiary/aromatic N) is 2. The standard InChI is InChI=1S/C17H20ClF3N2O2/c1-25-15-5-4-14(18)11-13(15)3-6-16(24)23-8-2-7-22(9-10-23)12-17(19,20)21/h3-6,11H,2,7-10,12H2,1H3/b6-3+. The van der Waals surface area contributed by atoms with Gasteiger partial charge in [-0.05, 0) is 30.7 Å². The normalized spacial score (nSPS) is 16.9. The Morgan fingerprint density at radius 2 is 2.04 bits per heavy atom. The lowest BCUT2D eigenvalue weighted by Crippen LogP contribution is -2.38. The van der Waals surface area contributed by atoms with E-state index in [2.05, 4.69) is 0 Å². The molecule has 0 radical (unpaired) electrons. The number of amides is 1. The summed E-state index contributed by atoms with van der Waals surface area (Å²) in [5, 5.41) is 0.519. The number of alkyl halides is 3. The Labute approximate surface area is 149 Å². The van der Waals surface area contributed by atoms with E-state index >= 15 is 0 Å². The molecule has 25 heavy (non-hydrogen) atoms. The van der Waals surface area contributed by atoms with Gasteiger partial charge < -0.3 is 9.64 Å². The second kappa shape index (κ2) is 8.58. The van der Waals surface area contributed by atoms with Crippen LogP contribution in [0.2, 0.25) is 5.02 Å². The van der Waals surface area contributed by atoms with Crippen LogP contribution in [0.25, 0.3) is 6.08 Å². The predicted molar refractivity (Wildman–Crippen MR) is 90.7 cm³/mol. The van der Waals surface area contributed by atoms with Gasteiger partial charge in [0.2, 0.25) is 5.91 Å². The van der Waals surface area contributed by atoms with Crippen LogP contribution in [0.3, 0.4) is 0 Å². The summed E-state index contributed by atoms with van der Waals surface area (Å²) >= 11 is 5.95. The summed E-state index contributed by atoms with van der Waals surface area (Å²) in [5.74, 6) is 0.344. The van der Waals surface area contributed by atoms with Crippen molar-refractivity contribution in [3.63, 3.8) is 0 Å². The van der Waals surface area contributed by atoms with Crippen LogP contribution in [-0.2, 0) is 4.79 Å². The molecule has 0 aliphatic carbocycles. The lowest BCUT2D eigenvalue weighted by atomic mass is 10.2. The van der Waals surface area contributed by atoms with Gasteiger partial charge in [0, 0.05) is 42.8 Å². The lowest BCUT2D eigenvalue weighted by molar-refractivity contribution is -0.145. The van der Waals surface area contributed by atoms with Crippen molar-refractivity contribution in [2.75, 3.05) is 39.8 Å². The van der Waals surface area contributed by atoms with Gasteiger partial charge in [-0.2, -0.15) is 13.2 Å². The highest BCUT2D eigenvalue weighted by Gasteiger charge is 2.31. The Balaban J connectivity index is 1.98. The largest absolute Gasteiger partial charge is 0.496 e. The van der Waals surface area contributed by atoms with Crippen molar-refractivity contribution >= 4 is 23.6 Å². The second-order valence-electron chi connectivity index (χ2n) is 5.79. The van der Waals surface area contributed by atoms with Crippen LogP contribution in [0.5, 0.6) is 5.75 Å². The van der Waals surface area contributed by atoms with Gasteiger partial charge in [0.15, 0.2) is 0 Å². The van der Waals surface area contributed by atoms with E-state index in [1.165, 1.54) is 18.1 Å². The van der Waals surface area contributed by atoms with E-state index in [0.29, 0.717) is 35.8 Å². The third kappa shape index (κ3) is 6.25. The van der Waals surface area contributed by atoms with Crippen molar-refractivity contribution < 1.29 is 22.7 Å². The molecule has 0 spiro atoms. The number of hydrogen-bond donors (Lipinski definition) is 0. The van der Waals surface area contributed by atoms with Crippen LogP contribution in [0.1, 0.15) is 12.0 Å². The van der Waals surface area contributed by atoms with Crippen molar-refractivity contribution in [3.05, 3.63) is 34.9 Å². The zero-order valence-corrected chi connectivity index (χ0v) is 14.6. The molecule has 2 rings (SSSR count). The Hall–Kier alpha value is -1.73. The average Bonchev–Trinajstić information content (AvgIpc) is 2.76. The number of benzene rings is 1. The molecule has 1 aromatic rings. The van der Waals surface area contributed by atoms with Crippen LogP contribution in [0.15, 0.2) is 24.3 Å². The third-order valence-electron chi connectivity index (χ3n) is 3.90. The monoisotopic (exact) mass is 376 g/mol. The molecule has 138 valence electrons. The van der Waals surface area contributed by atoms with Crippen LogP contribution < -0.4 is 4.74 Å². The number of rotatable bonds is 4. The second-order valence-corrected chi connectivity index (χ2v) is 6.23. The number of hydrogen-bond acceptors (Lipinski definition) is 3. The highest BCUT2D eigenvalue weighted by Crippen LogP contribution is 2.24. The van der Waals surface area contributed by atoms with Crippen molar-refractivity contribution in [2.45, 2.75) is 12.6 Å². The smallest absolute Gasteiger partial charge is 0.401 e. The highest BCUT2D eigenvalue weighted by atomic mass is 35.5. The van der Waals surface area contributed by atoms with Gasteiger partial charge in [0.25, 0.3) is 0 Å². The Bertz CT molecular complexity index is 635. The molecule has 0 bridgehead atoms. The summed E-state index contributed by atoms with van der Waals surface area (Å²) in [6.07, 6.45) is -0.711. The van der Waals surface area contributed by atoms with Gasteiger partial charge in [-0.3, -0.25) is 9.69 Å². The lowest BCUT2D eigenvalue weighted by Gasteiger charge is -2.22. The molecule has 1 amide bonds. The molecular formula is C17H20ClF3N2O2. The van der Waals surface area contributed by atoms with Crippen LogP contribution in [-0.4, -0.2) is 61.7 Å². The highest BCUT2D eigenvalue weighted by molar-refractivity contribution is 6.30. The van der Waals surface area contributed by atoms with Crippen molar-refractivity contribution in [1.29, 1.82) is 0 Å². The molecule has 1 fully saturated rings. The van der Waals surface area contributed by atoms with Crippen molar-refractivity contribution in [2.24, 2.45) is 0 Å². The maximum atomic E-state index is 12.5. The zero-order valence-electron chi connectivity index (χ0n) is 13.9. The molecule has 1 aliphatic heterocycles. The van der Waals surface area contributed by atoms with E-state index < -0.39 is 12.7 Å². The molecule has 0 aromatic heterocycles. The minimum atomic E-state index is -4.22. The van der Waals surface area contributed by atoms with E-state index in [1.54, 1.807) is 29.2 Å². The Kier molecular flexibility index (Phi) is 6.72. The predicted octanol–water partition coefficient (Wildman–Crippen LogP) is 3.46. The van der Waals surface area contributed by atoms with Gasteiger partial charge in [-0.25, -0.2) is 0 Å². The van der Waals surface area contributed by atoms with Gasteiger partial charge in [0.1, 0.15) is 5.75 Å². The first-order valence-electron chi connectivity index (χ1n) is 7.88. The topological polar surface area (TPSA) is 32.8 Å². The van der Waals surface area contributed by atoms with Crippen molar-refractivity contribution in [3.8, 4) is 5.75 Å². The minimum Gasteiger partial charge on any atom is -0.496 e. The number of ether oxygens (including phenoxy) is 1. The Morgan fingerprint density at radius 3 is 2.72 bits per heavy atom. The number of halogens is 4. The van der Waals surface area contributed by atoms with Crippen LogP contribution >= 0.6 is 11.6 Å². The minimum absolute atomic E-state index is 0.208. The molecule has 1 heterocycles. The summed E-state index contributed by atoms with van der Waals surface area (Å²) in [6, 6.07) is 5.06. The summed E-state index contributed by atoms with van der Waals surface area (Å²) in [4.78, 5) is 15.2. The van der Waals surface area contributed by atoms with Gasteiger partial charge in [0.05, 0.1) is 13.7 Å². The SMILES string of the molecule is COc1ccc(Cl)cc1/C=C/C(=O)N1CCCN(CC(F)(F)F)CC1. The molecule has 1 saturated heterocycles. The Morgan fingerprint density at radius 1 is 1.28 bits per heavy atom. The summed E-state index contributed by atoms with van der Waals surface area (Å²) < 4.78 is 42.7. The first-order chi connectivity index (χ1) is 11.8. The fraction of sp³-hybridized carbons (Fsp3) is 0.471. The molecule has 0 unspecified atom stereocenters. The number of carbonyl (C=O) groups excluding carboxylic acids is 1. The molecule has 0 atom stereocenters. The average molecular weight is 377 g/mol. The van der Waals surface area contributed by atoms with Crippen molar-refractivity contribution in [1.82, 2.24) is 9.80 Å². The van der Waals surface area contributed by atoms with Gasteiger partial charge >= 0.3 is 6.18 Å². The van der Waals surface area contributed by atoms with E-state index in [9.17, 15) is 18.0 Å². The quantitative estimate of drug-likeness (QED) is 0.754. The first-order valence-corrected chi connectivity index (χ1v) is 8.26. The van der Waals surface area contributed by atoms with E-state index in [-0.39, 0.29) is 19.0 Å². The molecule has 8 heteroatoms. The molecule has 0 saturated carbocycles. The molecule has 1 aromatic carbocycles. The van der Waals surface area contributed by atoms with Gasteiger partial charge in [-0.1, -0.05) is 11.6 Å². The molecule has 1 aliphatic rings. The van der Waals surface area contributed by atoms with Crippen LogP contribution in [0, 0.1) is 0 Å². The fourth-order valence-electron chi connectivity index (χ4n) is 2.70. The van der Waals surface area contributed by atoms with Gasteiger partial charge in [-0.15, -0.1) is 0 Å². The molecule has 4 nitrogen and oxygen atoms in total. The summed E-state index contributed by atoms with van der Waals surface area (Å²) in [6.45, 7) is 0.301.